The second kappa shape index (κ2) is 5.67. The summed E-state index contributed by atoms with van der Waals surface area (Å²) in [4.78, 5) is 12.5. The van der Waals surface area contributed by atoms with Crippen LogP contribution < -0.4 is 0 Å². The minimum Gasteiger partial charge on any atom is -0.452 e. The second-order valence-electron chi connectivity index (χ2n) is 2.54. The second-order valence-corrected chi connectivity index (χ2v) is 4.07. The Labute approximate surface area is 81.4 Å². The Morgan fingerprint density at radius 1 is 1.50 bits per heavy atom. The fourth-order valence-electron chi connectivity index (χ4n) is 1.08. The van der Waals surface area contributed by atoms with Crippen molar-refractivity contribution in [1.82, 2.24) is 4.90 Å². The van der Waals surface area contributed by atoms with Crippen molar-refractivity contribution in [1.29, 1.82) is 0 Å². The van der Waals surface area contributed by atoms with Crippen LogP contribution in [0.2, 0.25) is 0 Å². The van der Waals surface area contributed by atoms with E-state index >= 15 is 0 Å². The molecule has 0 spiro atoms. The van der Waals surface area contributed by atoms with E-state index in [1.807, 2.05) is 11.8 Å². The first-order valence-electron chi connectivity index (χ1n) is 3.91. The van der Waals surface area contributed by atoms with E-state index in [4.69, 9.17) is 11.6 Å². The molecule has 0 aliphatic carbocycles. The predicted molar refractivity (Wildman–Crippen MR) is 51.0 cm³/mol. The van der Waals surface area contributed by atoms with Crippen molar-refractivity contribution in [2.45, 2.75) is 0 Å². The molecule has 1 heterocycles. The smallest absolute Gasteiger partial charge is 0.403 e. The molecule has 0 saturated carbocycles. The van der Waals surface area contributed by atoms with Gasteiger partial charge in [0.1, 0.15) is 6.61 Å². The van der Waals surface area contributed by atoms with Crippen LogP contribution in [0.4, 0.5) is 4.79 Å². The molecular formula is C7H12ClNO2S. The highest BCUT2D eigenvalue weighted by Gasteiger charge is 2.09. The van der Waals surface area contributed by atoms with Crippen LogP contribution in [0.5, 0.6) is 0 Å². The molecule has 3 nitrogen and oxygen atoms in total. The maximum Gasteiger partial charge on any atom is 0.403 e. The van der Waals surface area contributed by atoms with Gasteiger partial charge in [-0.05, 0) is 0 Å². The average Bonchev–Trinajstić information content (AvgIpc) is 2.05. The number of carbonyl (C=O) groups is 1. The number of thioether (sulfide) groups is 1. The summed E-state index contributed by atoms with van der Waals surface area (Å²) in [6.07, 6.45) is 0. The molecule has 0 amide bonds. The van der Waals surface area contributed by atoms with E-state index in [0.29, 0.717) is 6.61 Å². The Bertz CT molecular complexity index is 150. The van der Waals surface area contributed by atoms with Crippen LogP contribution in [0.3, 0.4) is 0 Å². The summed E-state index contributed by atoms with van der Waals surface area (Å²) in [5.74, 6) is 2.35. The molecule has 0 bridgehead atoms. The fourth-order valence-corrected chi connectivity index (χ4v) is 2.14. The molecule has 0 radical (unpaired) electrons. The van der Waals surface area contributed by atoms with Gasteiger partial charge < -0.3 is 4.74 Å². The zero-order chi connectivity index (χ0) is 8.81. The molecule has 0 aromatic heterocycles. The molecule has 0 atom stereocenters. The number of carbonyl (C=O) groups excluding carboxylic acids is 1. The third-order valence-corrected chi connectivity index (χ3v) is 2.78. The number of hydrogen-bond acceptors (Lipinski definition) is 4. The molecule has 12 heavy (non-hydrogen) atoms. The van der Waals surface area contributed by atoms with E-state index in [-0.39, 0.29) is 0 Å². The van der Waals surface area contributed by atoms with Crippen molar-refractivity contribution in [2.75, 3.05) is 37.7 Å². The van der Waals surface area contributed by atoms with Crippen molar-refractivity contribution in [2.24, 2.45) is 0 Å². The van der Waals surface area contributed by atoms with E-state index in [1.165, 1.54) is 11.5 Å². The van der Waals surface area contributed by atoms with Gasteiger partial charge in [0.05, 0.1) is 0 Å². The quantitative estimate of drug-likeness (QED) is 0.658. The minimum absolute atomic E-state index is 0.410. The molecular weight excluding hydrogens is 198 g/mol. The number of hydrogen-bond donors (Lipinski definition) is 0. The van der Waals surface area contributed by atoms with E-state index in [0.717, 1.165) is 19.6 Å². The maximum atomic E-state index is 10.2. The lowest BCUT2D eigenvalue weighted by molar-refractivity contribution is 0.152. The van der Waals surface area contributed by atoms with Gasteiger partial charge in [-0.1, -0.05) is 0 Å². The summed E-state index contributed by atoms with van der Waals surface area (Å²) in [5, 5.41) is 0. The van der Waals surface area contributed by atoms with Crippen molar-refractivity contribution in [3.63, 3.8) is 0 Å². The van der Waals surface area contributed by atoms with Crippen LogP contribution >= 0.6 is 23.4 Å². The van der Waals surface area contributed by atoms with Gasteiger partial charge in [-0.2, -0.15) is 11.8 Å². The normalized spacial score (nSPS) is 19.1. The molecule has 1 fully saturated rings. The van der Waals surface area contributed by atoms with Crippen LogP contribution in [-0.4, -0.2) is 48.1 Å². The van der Waals surface area contributed by atoms with Crippen molar-refractivity contribution in [3.05, 3.63) is 0 Å². The van der Waals surface area contributed by atoms with Gasteiger partial charge in [0, 0.05) is 42.7 Å². The molecule has 70 valence electrons. The molecule has 0 aromatic carbocycles. The van der Waals surface area contributed by atoms with Gasteiger partial charge in [0.15, 0.2) is 0 Å². The van der Waals surface area contributed by atoms with Crippen LogP contribution in [0.1, 0.15) is 0 Å². The number of halogens is 1. The van der Waals surface area contributed by atoms with Crippen molar-refractivity contribution in [3.8, 4) is 0 Å². The van der Waals surface area contributed by atoms with Gasteiger partial charge in [0.2, 0.25) is 0 Å². The Morgan fingerprint density at radius 3 is 2.75 bits per heavy atom. The molecule has 0 N–H and O–H groups in total. The third-order valence-electron chi connectivity index (χ3n) is 1.73. The fraction of sp³-hybridized carbons (Fsp3) is 0.857. The molecule has 1 rings (SSSR count). The SMILES string of the molecule is O=C(Cl)OCCN1CCSCC1. The number of nitrogens with zero attached hydrogens (tertiary/aromatic N) is 1. The summed E-state index contributed by atoms with van der Waals surface area (Å²) >= 11 is 6.97. The van der Waals surface area contributed by atoms with Gasteiger partial charge in [-0.25, -0.2) is 4.79 Å². The highest BCUT2D eigenvalue weighted by Crippen LogP contribution is 2.08. The predicted octanol–water partition coefficient (Wildman–Crippen LogP) is 1.41. The van der Waals surface area contributed by atoms with E-state index in [1.54, 1.807) is 0 Å². The standard InChI is InChI=1S/C7H12ClNO2S/c8-7(10)11-4-1-9-2-5-12-6-3-9/h1-6H2. The van der Waals surface area contributed by atoms with Crippen LogP contribution in [-0.2, 0) is 4.74 Å². The van der Waals surface area contributed by atoms with Crippen molar-refractivity contribution < 1.29 is 9.53 Å². The van der Waals surface area contributed by atoms with Gasteiger partial charge >= 0.3 is 5.43 Å². The average molecular weight is 210 g/mol. The Kier molecular flexibility index (Phi) is 4.80. The third kappa shape index (κ3) is 4.18. The first-order chi connectivity index (χ1) is 5.79. The van der Waals surface area contributed by atoms with E-state index in [2.05, 4.69) is 9.64 Å². The lowest BCUT2D eigenvalue weighted by atomic mass is 10.5. The van der Waals surface area contributed by atoms with Crippen LogP contribution in [0, 0.1) is 0 Å². The molecule has 1 aliphatic rings. The van der Waals surface area contributed by atoms with E-state index in [9.17, 15) is 4.79 Å². The van der Waals surface area contributed by atoms with E-state index < -0.39 is 5.43 Å². The van der Waals surface area contributed by atoms with Gasteiger partial charge in [-0.15, -0.1) is 0 Å². The largest absolute Gasteiger partial charge is 0.452 e. The molecule has 1 saturated heterocycles. The lowest BCUT2D eigenvalue weighted by Crippen LogP contribution is -2.35. The topological polar surface area (TPSA) is 29.5 Å². The molecule has 0 aromatic rings. The maximum absolute atomic E-state index is 10.2. The molecule has 0 unspecified atom stereocenters. The summed E-state index contributed by atoms with van der Waals surface area (Å²) in [6.45, 7) is 3.39. The summed E-state index contributed by atoms with van der Waals surface area (Å²) < 4.78 is 4.62. The van der Waals surface area contributed by atoms with Crippen LogP contribution in [0.25, 0.3) is 0 Å². The minimum atomic E-state index is -0.707. The highest BCUT2D eigenvalue weighted by molar-refractivity contribution is 7.99. The van der Waals surface area contributed by atoms with Gasteiger partial charge in [-0.3, -0.25) is 4.90 Å². The Hall–Kier alpha value is 0.0700. The van der Waals surface area contributed by atoms with Gasteiger partial charge in [0.25, 0.3) is 0 Å². The number of rotatable bonds is 3. The summed E-state index contributed by atoms with van der Waals surface area (Å²) in [6, 6.07) is 0. The zero-order valence-corrected chi connectivity index (χ0v) is 8.36. The monoisotopic (exact) mass is 209 g/mol. The first-order valence-corrected chi connectivity index (χ1v) is 5.44. The molecule has 1 aliphatic heterocycles. The highest BCUT2D eigenvalue weighted by atomic mass is 35.5. The first kappa shape index (κ1) is 10.2. The lowest BCUT2D eigenvalue weighted by Gasteiger charge is -2.25. The Balaban J connectivity index is 2.01. The zero-order valence-electron chi connectivity index (χ0n) is 6.79. The molecule has 5 heteroatoms. The summed E-state index contributed by atoms with van der Waals surface area (Å²) in [7, 11) is 0. The van der Waals surface area contributed by atoms with Crippen molar-refractivity contribution >= 4 is 28.8 Å². The summed E-state index contributed by atoms with van der Waals surface area (Å²) in [5.41, 5.74) is -0.707. The van der Waals surface area contributed by atoms with Crippen LogP contribution in [0.15, 0.2) is 0 Å². The number of ether oxygens (including phenoxy) is 1. The Morgan fingerprint density at radius 2 is 2.17 bits per heavy atom.